The van der Waals surface area contributed by atoms with Crippen LogP contribution in [0.4, 0.5) is 5.95 Å². The number of amides is 1. The zero-order chi connectivity index (χ0) is 18.3. The van der Waals surface area contributed by atoms with Crippen LogP contribution in [0.3, 0.4) is 0 Å². The van der Waals surface area contributed by atoms with Crippen molar-refractivity contribution < 1.29 is 4.79 Å². The van der Waals surface area contributed by atoms with Crippen LogP contribution in [0.25, 0.3) is 11.4 Å². The molecule has 1 aromatic carbocycles. The number of hydrogen-bond donors (Lipinski definition) is 2. The fourth-order valence-corrected chi connectivity index (χ4v) is 3.22. The molecule has 3 N–H and O–H groups in total. The van der Waals surface area contributed by atoms with Gasteiger partial charge in [0.2, 0.25) is 11.9 Å². The van der Waals surface area contributed by atoms with E-state index in [1.165, 1.54) is 0 Å². The number of primary amides is 1. The quantitative estimate of drug-likeness (QED) is 0.759. The highest BCUT2D eigenvalue weighted by Crippen LogP contribution is 2.35. The fourth-order valence-electron chi connectivity index (χ4n) is 3.22. The lowest BCUT2D eigenvalue weighted by Crippen LogP contribution is -2.31. The SMILES string of the molecule is CC1=C(C(N)=O)[C@H](c2cccnc2)n2nc(-c3cccc(C)c3)nc2N1. The molecule has 0 bridgehead atoms. The minimum absolute atomic E-state index is 0.450. The van der Waals surface area contributed by atoms with Gasteiger partial charge in [0.25, 0.3) is 0 Å². The minimum atomic E-state index is -0.498. The molecule has 0 aliphatic carbocycles. The average Bonchev–Trinajstić information content (AvgIpc) is 3.04. The molecule has 1 amide bonds. The molecule has 3 heterocycles. The van der Waals surface area contributed by atoms with E-state index >= 15 is 0 Å². The number of anilines is 1. The Morgan fingerprint density at radius 1 is 1.23 bits per heavy atom. The maximum Gasteiger partial charge on any atom is 0.248 e. The number of hydrogen-bond acceptors (Lipinski definition) is 5. The van der Waals surface area contributed by atoms with Crippen molar-refractivity contribution in [3.05, 3.63) is 71.2 Å². The number of pyridine rings is 1. The Kier molecular flexibility index (Phi) is 3.76. The number of fused-ring (bicyclic) bond motifs is 1. The van der Waals surface area contributed by atoms with Crippen LogP contribution in [0.5, 0.6) is 0 Å². The molecule has 26 heavy (non-hydrogen) atoms. The molecular formula is C19H18N6O. The first-order valence-corrected chi connectivity index (χ1v) is 8.25. The number of allylic oxidation sites excluding steroid dienone is 1. The Morgan fingerprint density at radius 2 is 2.08 bits per heavy atom. The Hall–Kier alpha value is -3.48. The lowest BCUT2D eigenvalue weighted by Gasteiger charge is -2.27. The van der Waals surface area contributed by atoms with Crippen molar-refractivity contribution in [1.29, 1.82) is 0 Å². The number of nitrogens with one attached hydrogen (secondary N) is 1. The molecule has 7 heteroatoms. The third-order valence-corrected chi connectivity index (χ3v) is 4.39. The van der Waals surface area contributed by atoms with Crippen molar-refractivity contribution in [3.8, 4) is 11.4 Å². The predicted octanol–water partition coefficient (Wildman–Crippen LogP) is 2.42. The van der Waals surface area contributed by atoms with Crippen molar-refractivity contribution >= 4 is 11.9 Å². The fraction of sp³-hybridized carbons (Fsp3) is 0.158. The monoisotopic (exact) mass is 346 g/mol. The summed E-state index contributed by atoms with van der Waals surface area (Å²) in [6.45, 7) is 3.83. The molecule has 3 aromatic rings. The second-order valence-electron chi connectivity index (χ2n) is 6.29. The number of aryl methyl sites for hydroxylation is 1. The van der Waals surface area contributed by atoms with E-state index in [1.54, 1.807) is 17.1 Å². The van der Waals surface area contributed by atoms with Gasteiger partial charge in [-0.2, -0.15) is 4.98 Å². The summed E-state index contributed by atoms with van der Waals surface area (Å²) in [5.41, 5.74) is 9.64. The van der Waals surface area contributed by atoms with E-state index < -0.39 is 11.9 Å². The standard InChI is InChI=1S/C19H18N6O/c1-11-5-3-6-13(9-11)18-23-19-22-12(2)15(17(20)26)16(25(19)24-18)14-7-4-8-21-10-14/h3-10,16H,1-2H3,(H2,20,26)(H,22,23,24)/t16-/m0/s1. The van der Waals surface area contributed by atoms with Gasteiger partial charge in [-0.15, -0.1) is 5.10 Å². The van der Waals surface area contributed by atoms with Crippen molar-refractivity contribution in [2.24, 2.45) is 5.73 Å². The van der Waals surface area contributed by atoms with E-state index in [-0.39, 0.29) is 0 Å². The highest BCUT2D eigenvalue weighted by Gasteiger charge is 2.33. The van der Waals surface area contributed by atoms with Crippen LogP contribution >= 0.6 is 0 Å². The highest BCUT2D eigenvalue weighted by atomic mass is 16.1. The van der Waals surface area contributed by atoms with Gasteiger partial charge in [0, 0.05) is 23.7 Å². The van der Waals surface area contributed by atoms with E-state index in [0.717, 1.165) is 16.7 Å². The Labute approximate surface area is 150 Å². The maximum atomic E-state index is 12.1. The third kappa shape index (κ3) is 2.63. The molecule has 0 unspecified atom stereocenters. The zero-order valence-electron chi connectivity index (χ0n) is 14.5. The van der Waals surface area contributed by atoms with Crippen LogP contribution in [-0.2, 0) is 4.79 Å². The smallest absolute Gasteiger partial charge is 0.248 e. The number of aromatic nitrogens is 4. The van der Waals surface area contributed by atoms with Gasteiger partial charge < -0.3 is 11.1 Å². The molecule has 1 atom stereocenters. The Bertz CT molecular complexity index is 1020. The molecule has 0 radical (unpaired) electrons. The summed E-state index contributed by atoms with van der Waals surface area (Å²) in [6, 6.07) is 11.2. The number of carbonyl (C=O) groups is 1. The highest BCUT2D eigenvalue weighted by molar-refractivity contribution is 5.95. The van der Waals surface area contributed by atoms with Gasteiger partial charge >= 0.3 is 0 Å². The molecular weight excluding hydrogens is 328 g/mol. The summed E-state index contributed by atoms with van der Waals surface area (Å²) in [6.07, 6.45) is 3.40. The van der Waals surface area contributed by atoms with Gasteiger partial charge in [0.1, 0.15) is 6.04 Å². The second kappa shape index (κ2) is 6.11. The largest absolute Gasteiger partial charge is 0.366 e. The topological polar surface area (TPSA) is 98.7 Å². The van der Waals surface area contributed by atoms with E-state index in [9.17, 15) is 4.79 Å². The van der Waals surface area contributed by atoms with Crippen LogP contribution < -0.4 is 11.1 Å². The van der Waals surface area contributed by atoms with Crippen molar-refractivity contribution in [1.82, 2.24) is 19.7 Å². The zero-order valence-corrected chi connectivity index (χ0v) is 14.5. The lowest BCUT2D eigenvalue weighted by atomic mass is 9.97. The van der Waals surface area contributed by atoms with E-state index in [1.807, 2.05) is 50.2 Å². The second-order valence-corrected chi connectivity index (χ2v) is 6.29. The molecule has 1 aliphatic rings. The number of rotatable bonds is 3. The summed E-state index contributed by atoms with van der Waals surface area (Å²) < 4.78 is 1.70. The van der Waals surface area contributed by atoms with E-state index in [0.29, 0.717) is 23.0 Å². The van der Waals surface area contributed by atoms with E-state index in [4.69, 9.17) is 5.73 Å². The Balaban J connectivity index is 1.89. The van der Waals surface area contributed by atoms with Gasteiger partial charge in [-0.3, -0.25) is 9.78 Å². The van der Waals surface area contributed by atoms with Crippen LogP contribution in [0.1, 0.15) is 24.1 Å². The van der Waals surface area contributed by atoms with Crippen molar-refractivity contribution in [2.45, 2.75) is 19.9 Å². The average molecular weight is 346 g/mol. The molecule has 0 spiro atoms. The number of nitrogens with zero attached hydrogens (tertiary/aromatic N) is 4. The maximum absolute atomic E-state index is 12.1. The summed E-state index contributed by atoms with van der Waals surface area (Å²) >= 11 is 0. The summed E-state index contributed by atoms with van der Waals surface area (Å²) in [5.74, 6) is 0.656. The first-order chi connectivity index (χ1) is 12.5. The number of benzene rings is 1. The van der Waals surface area contributed by atoms with Crippen LogP contribution in [0.15, 0.2) is 60.1 Å². The van der Waals surface area contributed by atoms with Crippen molar-refractivity contribution in [3.63, 3.8) is 0 Å². The third-order valence-electron chi connectivity index (χ3n) is 4.39. The normalized spacial score (nSPS) is 16.2. The molecule has 4 rings (SSSR count). The summed E-state index contributed by atoms with van der Waals surface area (Å²) in [5, 5.41) is 7.80. The molecule has 7 nitrogen and oxygen atoms in total. The van der Waals surface area contributed by atoms with Crippen LogP contribution in [-0.4, -0.2) is 25.7 Å². The van der Waals surface area contributed by atoms with E-state index in [2.05, 4.69) is 20.4 Å². The lowest BCUT2D eigenvalue weighted by molar-refractivity contribution is -0.115. The number of carbonyl (C=O) groups excluding carboxylic acids is 1. The molecule has 0 fully saturated rings. The predicted molar refractivity (Wildman–Crippen MR) is 98.1 cm³/mol. The van der Waals surface area contributed by atoms with Gasteiger partial charge in [0.05, 0.1) is 5.57 Å². The molecule has 0 saturated heterocycles. The molecule has 130 valence electrons. The van der Waals surface area contributed by atoms with Gasteiger partial charge in [0.15, 0.2) is 5.82 Å². The number of nitrogens with two attached hydrogens (primary N) is 1. The summed E-state index contributed by atoms with van der Waals surface area (Å²) in [7, 11) is 0. The first-order valence-electron chi connectivity index (χ1n) is 8.25. The van der Waals surface area contributed by atoms with Gasteiger partial charge in [-0.1, -0.05) is 29.8 Å². The van der Waals surface area contributed by atoms with Gasteiger partial charge in [-0.05, 0) is 31.5 Å². The molecule has 0 saturated carbocycles. The van der Waals surface area contributed by atoms with Crippen molar-refractivity contribution in [2.75, 3.05) is 5.32 Å². The minimum Gasteiger partial charge on any atom is -0.366 e. The van der Waals surface area contributed by atoms with Gasteiger partial charge in [-0.25, -0.2) is 4.68 Å². The Morgan fingerprint density at radius 3 is 2.77 bits per heavy atom. The molecule has 1 aliphatic heterocycles. The van der Waals surface area contributed by atoms with Crippen LogP contribution in [0, 0.1) is 6.92 Å². The first kappa shape index (κ1) is 16.0. The molecule has 2 aromatic heterocycles. The van der Waals surface area contributed by atoms with Crippen LogP contribution in [0.2, 0.25) is 0 Å². The summed E-state index contributed by atoms with van der Waals surface area (Å²) in [4.78, 5) is 20.9.